The predicted molar refractivity (Wildman–Crippen MR) is 61.2 cm³/mol. The van der Waals surface area contributed by atoms with E-state index in [-0.39, 0.29) is 12.2 Å². The molecular weight excluding hydrogens is 249 g/mol. The zero-order valence-electron chi connectivity index (χ0n) is 9.34. The molecule has 0 bridgehead atoms. The van der Waals surface area contributed by atoms with Gasteiger partial charge in [0.25, 0.3) is 0 Å². The largest absolute Gasteiger partial charge is 0.478 e. The minimum atomic E-state index is -3.50. The van der Waals surface area contributed by atoms with Crippen molar-refractivity contribution >= 4 is 21.7 Å². The van der Waals surface area contributed by atoms with Crippen molar-refractivity contribution in [3.8, 4) is 0 Å². The van der Waals surface area contributed by atoms with Crippen LogP contribution in [-0.4, -0.2) is 32.3 Å². The third-order valence-corrected chi connectivity index (χ3v) is 3.43. The molecular formula is C10H12FNO4S. The summed E-state index contributed by atoms with van der Waals surface area (Å²) in [5.41, 5.74) is -0.379. The first kappa shape index (κ1) is 13.4. The molecule has 5 nitrogen and oxygen atoms in total. The topological polar surface area (TPSA) is 74.7 Å². The first-order valence-corrected chi connectivity index (χ1v) is 6.62. The van der Waals surface area contributed by atoms with Gasteiger partial charge in [-0.1, -0.05) is 0 Å². The standard InChI is InChI=1S/C10H12FNO4S/c1-3-12(17(2,15)16)7-4-5-8(10(13)14)9(11)6-7/h4-6H,3H2,1-2H3,(H,13,14). The Bertz CT molecular complexity index is 541. The van der Waals surface area contributed by atoms with Gasteiger partial charge in [-0.25, -0.2) is 17.6 Å². The second kappa shape index (κ2) is 4.70. The molecule has 0 fully saturated rings. The number of hydrogen-bond acceptors (Lipinski definition) is 3. The van der Waals surface area contributed by atoms with Crippen molar-refractivity contribution in [3.63, 3.8) is 0 Å². The molecule has 7 heteroatoms. The minimum absolute atomic E-state index is 0.109. The maximum absolute atomic E-state index is 13.4. The molecule has 0 saturated heterocycles. The summed E-state index contributed by atoms with van der Waals surface area (Å²) in [6.45, 7) is 1.74. The van der Waals surface area contributed by atoms with E-state index < -0.39 is 27.4 Å². The Hall–Kier alpha value is -1.63. The highest BCUT2D eigenvalue weighted by atomic mass is 32.2. The average Bonchev–Trinajstić information content (AvgIpc) is 2.15. The lowest BCUT2D eigenvalue weighted by atomic mass is 10.2. The SMILES string of the molecule is CCN(c1ccc(C(=O)O)c(F)c1)S(C)(=O)=O. The third kappa shape index (κ3) is 2.94. The summed E-state index contributed by atoms with van der Waals surface area (Å²) in [6, 6.07) is 3.20. The van der Waals surface area contributed by atoms with Gasteiger partial charge in [0.15, 0.2) is 0 Å². The Balaban J connectivity index is 3.26. The molecule has 0 aliphatic rings. The fourth-order valence-corrected chi connectivity index (χ4v) is 2.41. The Morgan fingerprint density at radius 2 is 2.06 bits per heavy atom. The number of halogens is 1. The number of aromatic carboxylic acids is 1. The van der Waals surface area contributed by atoms with Gasteiger partial charge in [0.1, 0.15) is 5.82 Å². The van der Waals surface area contributed by atoms with E-state index in [9.17, 15) is 17.6 Å². The van der Waals surface area contributed by atoms with Crippen LogP contribution < -0.4 is 4.31 Å². The maximum Gasteiger partial charge on any atom is 0.338 e. The van der Waals surface area contributed by atoms with E-state index in [0.717, 1.165) is 22.7 Å². The Morgan fingerprint density at radius 1 is 1.47 bits per heavy atom. The summed E-state index contributed by atoms with van der Waals surface area (Å²) < 4.78 is 37.1. The van der Waals surface area contributed by atoms with Crippen LogP contribution in [0.2, 0.25) is 0 Å². The first-order chi connectivity index (χ1) is 7.77. The molecule has 0 spiro atoms. The fourth-order valence-electron chi connectivity index (χ4n) is 1.44. The van der Waals surface area contributed by atoms with E-state index >= 15 is 0 Å². The van der Waals surface area contributed by atoms with E-state index in [1.807, 2.05) is 0 Å². The number of rotatable bonds is 4. The lowest BCUT2D eigenvalue weighted by Gasteiger charge is -2.20. The molecule has 1 N–H and O–H groups in total. The van der Waals surface area contributed by atoms with Crippen LogP contribution in [0.5, 0.6) is 0 Å². The Morgan fingerprint density at radius 3 is 2.41 bits per heavy atom. The van der Waals surface area contributed by atoms with Crippen molar-refractivity contribution < 1.29 is 22.7 Å². The number of carboxylic acids is 1. The summed E-state index contributed by atoms with van der Waals surface area (Å²) in [6.07, 6.45) is 1.000. The summed E-state index contributed by atoms with van der Waals surface area (Å²) in [5, 5.41) is 8.64. The van der Waals surface area contributed by atoms with Crippen molar-refractivity contribution in [3.05, 3.63) is 29.6 Å². The van der Waals surface area contributed by atoms with Gasteiger partial charge in [0, 0.05) is 6.54 Å². The van der Waals surface area contributed by atoms with E-state index in [0.29, 0.717) is 0 Å². The average molecular weight is 261 g/mol. The highest BCUT2D eigenvalue weighted by molar-refractivity contribution is 7.92. The summed E-state index contributed by atoms with van der Waals surface area (Å²) in [4.78, 5) is 10.6. The van der Waals surface area contributed by atoms with Gasteiger partial charge >= 0.3 is 5.97 Å². The molecule has 17 heavy (non-hydrogen) atoms. The van der Waals surface area contributed by atoms with Gasteiger partial charge in [0.2, 0.25) is 10.0 Å². The third-order valence-electron chi connectivity index (χ3n) is 2.16. The first-order valence-electron chi connectivity index (χ1n) is 4.78. The van der Waals surface area contributed by atoms with Gasteiger partial charge in [-0.05, 0) is 25.1 Å². The van der Waals surface area contributed by atoms with Crippen molar-refractivity contribution in [2.24, 2.45) is 0 Å². The van der Waals surface area contributed by atoms with Crippen molar-refractivity contribution in [2.45, 2.75) is 6.92 Å². The number of sulfonamides is 1. The van der Waals surface area contributed by atoms with Crippen LogP contribution in [-0.2, 0) is 10.0 Å². The molecule has 94 valence electrons. The van der Waals surface area contributed by atoms with Crippen molar-refractivity contribution in [1.29, 1.82) is 0 Å². The molecule has 0 aliphatic carbocycles. The van der Waals surface area contributed by atoms with Crippen LogP contribution in [0, 0.1) is 5.82 Å². The van der Waals surface area contributed by atoms with Crippen LogP contribution in [0.15, 0.2) is 18.2 Å². The van der Waals surface area contributed by atoms with Crippen LogP contribution in [0.1, 0.15) is 17.3 Å². The van der Waals surface area contributed by atoms with Crippen LogP contribution in [0.3, 0.4) is 0 Å². The molecule has 0 aromatic heterocycles. The second-order valence-electron chi connectivity index (χ2n) is 3.40. The smallest absolute Gasteiger partial charge is 0.338 e. The predicted octanol–water partition coefficient (Wildman–Crippen LogP) is 1.31. The molecule has 1 rings (SSSR count). The molecule has 1 aromatic carbocycles. The van der Waals surface area contributed by atoms with Gasteiger partial charge in [-0.3, -0.25) is 4.31 Å². The fraction of sp³-hybridized carbons (Fsp3) is 0.300. The number of nitrogens with zero attached hydrogens (tertiary/aromatic N) is 1. The molecule has 0 saturated carbocycles. The highest BCUT2D eigenvalue weighted by Crippen LogP contribution is 2.20. The minimum Gasteiger partial charge on any atom is -0.478 e. The van der Waals surface area contributed by atoms with Gasteiger partial charge in [0.05, 0.1) is 17.5 Å². The van der Waals surface area contributed by atoms with Crippen molar-refractivity contribution in [2.75, 3.05) is 17.1 Å². The van der Waals surface area contributed by atoms with E-state index in [1.54, 1.807) is 6.92 Å². The molecule has 0 unspecified atom stereocenters. The molecule has 0 heterocycles. The van der Waals surface area contributed by atoms with Gasteiger partial charge < -0.3 is 5.11 Å². The van der Waals surface area contributed by atoms with Crippen LogP contribution >= 0.6 is 0 Å². The van der Waals surface area contributed by atoms with Crippen LogP contribution in [0.25, 0.3) is 0 Å². The van der Waals surface area contributed by atoms with E-state index in [2.05, 4.69) is 0 Å². The summed E-state index contributed by atoms with van der Waals surface area (Å²) >= 11 is 0. The monoisotopic (exact) mass is 261 g/mol. The lowest BCUT2D eigenvalue weighted by molar-refractivity contribution is 0.0692. The molecule has 0 amide bonds. The zero-order chi connectivity index (χ0) is 13.2. The Kier molecular flexibility index (Phi) is 3.72. The molecule has 0 radical (unpaired) electrons. The summed E-state index contributed by atoms with van der Waals surface area (Å²) in [7, 11) is -3.50. The number of anilines is 1. The Labute approximate surface area is 98.5 Å². The zero-order valence-corrected chi connectivity index (χ0v) is 10.2. The normalized spacial score (nSPS) is 11.2. The van der Waals surface area contributed by atoms with Gasteiger partial charge in [-0.15, -0.1) is 0 Å². The quantitative estimate of drug-likeness (QED) is 0.886. The van der Waals surface area contributed by atoms with Gasteiger partial charge in [-0.2, -0.15) is 0 Å². The van der Waals surface area contributed by atoms with E-state index in [4.69, 9.17) is 5.11 Å². The highest BCUT2D eigenvalue weighted by Gasteiger charge is 2.18. The molecule has 0 aliphatic heterocycles. The summed E-state index contributed by atoms with van der Waals surface area (Å²) in [5.74, 6) is -2.35. The number of benzene rings is 1. The van der Waals surface area contributed by atoms with Crippen LogP contribution in [0.4, 0.5) is 10.1 Å². The van der Waals surface area contributed by atoms with Crippen molar-refractivity contribution in [1.82, 2.24) is 0 Å². The number of carboxylic acid groups (broad SMARTS) is 1. The maximum atomic E-state index is 13.4. The lowest BCUT2D eigenvalue weighted by Crippen LogP contribution is -2.29. The second-order valence-corrected chi connectivity index (χ2v) is 5.30. The molecule has 0 atom stereocenters. The number of hydrogen-bond donors (Lipinski definition) is 1. The van der Waals surface area contributed by atoms with E-state index in [1.165, 1.54) is 6.07 Å². The molecule has 1 aromatic rings. The number of carbonyl (C=O) groups is 1.